The molecule has 0 aliphatic carbocycles. The number of piperazine rings is 1. The van der Waals surface area contributed by atoms with Gasteiger partial charge in [0.05, 0.1) is 5.69 Å². The third-order valence-corrected chi connectivity index (χ3v) is 6.45. The number of hydrogen-bond donors (Lipinski definition) is 1. The molecular weight excluding hydrogens is 474 g/mol. The molecule has 1 N–H and O–H groups in total. The fourth-order valence-corrected chi connectivity index (χ4v) is 4.30. The molecule has 1 amide bonds. The van der Waals surface area contributed by atoms with Gasteiger partial charge in [0.1, 0.15) is 11.6 Å². The fraction of sp³-hybridized carbons (Fsp3) is 0.214. The van der Waals surface area contributed by atoms with Crippen LogP contribution in [0, 0.1) is 18.6 Å². The summed E-state index contributed by atoms with van der Waals surface area (Å²) in [5.74, 6) is -0.769. The maximum atomic E-state index is 14.0. The van der Waals surface area contributed by atoms with Crippen molar-refractivity contribution in [2.75, 3.05) is 31.5 Å². The van der Waals surface area contributed by atoms with Crippen LogP contribution in [-0.4, -0.2) is 56.8 Å². The van der Waals surface area contributed by atoms with E-state index in [0.717, 1.165) is 22.5 Å². The Morgan fingerprint density at radius 3 is 2.49 bits per heavy atom. The average Bonchev–Trinajstić information content (AvgIpc) is 2.93. The van der Waals surface area contributed by atoms with Crippen LogP contribution >= 0.6 is 0 Å². The van der Waals surface area contributed by atoms with Crippen molar-refractivity contribution in [1.29, 1.82) is 0 Å². The lowest BCUT2D eigenvalue weighted by Gasteiger charge is -2.35. The van der Waals surface area contributed by atoms with Crippen LogP contribution < -0.4 is 5.32 Å². The molecule has 4 aromatic rings. The molecular formula is C28H26F2N6O. The zero-order chi connectivity index (χ0) is 25.8. The maximum Gasteiger partial charge on any atom is 0.254 e. The lowest BCUT2D eigenvalue weighted by molar-refractivity contribution is 0.0625. The Bertz CT molecular complexity index is 1390. The first-order chi connectivity index (χ1) is 18.0. The Kier molecular flexibility index (Phi) is 7.14. The standard InChI is InChI=1S/C28H26F2N6O/c1-19-7-8-20(16-26(19)34-28-32-11-9-25(33-28)21-4-3-10-31-17-21)27(37)36-14-12-35(13-15-36)18-22-23(29)5-2-6-24(22)30/h2-11,16-17H,12-15,18H2,1H3,(H,32,33,34). The van der Waals surface area contributed by atoms with E-state index in [4.69, 9.17) is 0 Å². The number of anilines is 2. The molecule has 0 unspecified atom stereocenters. The first kappa shape index (κ1) is 24.5. The first-order valence-corrected chi connectivity index (χ1v) is 12.0. The Hall–Kier alpha value is -4.24. The zero-order valence-electron chi connectivity index (χ0n) is 20.4. The second-order valence-corrected chi connectivity index (χ2v) is 8.93. The number of nitrogens with one attached hydrogen (secondary N) is 1. The number of amides is 1. The molecule has 37 heavy (non-hydrogen) atoms. The van der Waals surface area contributed by atoms with Gasteiger partial charge in [0, 0.05) is 73.7 Å². The van der Waals surface area contributed by atoms with Gasteiger partial charge in [-0.05, 0) is 55.0 Å². The molecule has 9 heteroatoms. The van der Waals surface area contributed by atoms with Crippen molar-refractivity contribution in [3.63, 3.8) is 0 Å². The molecule has 188 valence electrons. The molecule has 0 atom stereocenters. The van der Waals surface area contributed by atoms with E-state index in [1.807, 2.05) is 36.1 Å². The minimum absolute atomic E-state index is 0.0614. The van der Waals surface area contributed by atoms with Crippen LogP contribution in [0.1, 0.15) is 21.5 Å². The van der Waals surface area contributed by atoms with Gasteiger partial charge in [0.2, 0.25) is 5.95 Å². The highest BCUT2D eigenvalue weighted by Gasteiger charge is 2.24. The number of aromatic nitrogens is 3. The molecule has 5 rings (SSSR count). The molecule has 0 bridgehead atoms. The van der Waals surface area contributed by atoms with Crippen molar-refractivity contribution in [1.82, 2.24) is 24.8 Å². The monoisotopic (exact) mass is 500 g/mol. The molecule has 1 fully saturated rings. The van der Waals surface area contributed by atoms with Crippen LogP contribution in [0.5, 0.6) is 0 Å². The fourth-order valence-electron chi connectivity index (χ4n) is 4.30. The van der Waals surface area contributed by atoms with Crippen LogP contribution in [0.2, 0.25) is 0 Å². The first-order valence-electron chi connectivity index (χ1n) is 12.0. The highest BCUT2D eigenvalue weighted by Crippen LogP contribution is 2.24. The lowest BCUT2D eigenvalue weighted by atomic mass is 10.1. The van der Waals surface area contributed by atoms with Crippen molar-refractivity contribution in [2.24, 2.45) is 0 Å². The smallest absolute Gasteiger partial charge is 0.254 e. The van der Waals surface area contributed by atoms with Crippen molar-refractivity contribution >= 4 is 17.5 Å². The van der Waals surface area contributed by atoms with Crippen molar-refractivity contribution in [3.05, 3.63) is 102 Å². The van der Waals surface area contributed by atoms with E-state index in [1.54, 1.807) is 35.6 Å². The quantitative estimate of drug-likeness (QED) is 0.409. The van der Waals surface area contributed by atoms with Gasteiger partial charge in [-0.3, -0.25) is 14.7 Å². The molecule has 0 saturated carbocycles. The predicted molar refractivity (Wildman–Crippen MR) is 137 cm³/mol. The van der Waals surface area contributed by atoms with E-state index < -0.39 is 11.6 Å². The van der Waals surface area contributed by atoms with E-state index >= 15 is 0 Å². The number of hydrogen-bond acceptors (Lipinski definition) is 6. The maximum absolute atomic E-state index is 14.0. The molecule has 1 aliphatic heterocycles. The predicted octanol–water partition coefficient (Wildman–Crippen LogP) is 4.83. The van der Waals surface area contributed by atoms with Crippen molar-refractivity contribution < 1.29 is 13.6 Å². The highest BCUT2D eigenvalue weighted by atomic mass is 19.1. The Balaban J connectivity index is 1.25. The molecule has 3 heterocycles. The van der Waals surface area contributed by atoms with Gasteiger partial charge in [-0.1, -0.05) is 12.1 Å². The number of carbonyl (C=O) groups is 1. The summed E-state index contributed by atoms with van der Waals surface area (Å²) in [4.78, 5) is 30.0. The third kappa shape index (κ3) is 5.62. The SMILES string of the molecule is Cc1ccc(C(=O)N2CCN(Cc3c(F)cccc3F)CC2)cc1Nc1nccc(-c2cccnc2)n1. The topological polar surface area (TPSA) is 74.2 Å². The minimum Gasteiger partial charge on any atom is -0.336 e. The lowest BCUT2D eigenvalue weighted by Crippen LogP contribution is -2.48. The normalized spacial score (nSPS) is 14.0. The second-order valence-electron chi connectivity index (χ2n) is 8.93. The van der Waals surface area contributed by atoms with E-state index in [9.17, 15) is 13.6 Å². The van der Waals surface area contributed by atoms with Crippen LogP contribution in [0.4, 0.5) is 20.4 Å². The van der Waals surface area contributed by atoms with Crippen LogP contribution in [0.15, 0.2) is 73.2 Å². The third-order valence-electron chi connectivity index (χ3n) is 6.45. The zero-order valence-corrected chi connectivity index (χ0v) is 20.4. The van der Waals surface area contributed by atoms with Gasteiger partial charge in [-0.2, -0.15) is 0 Å². The van der Waals surface area contributed by atoms with Crippen molar-refractivity contribution in [3.8, 4) is 11.3 Å². The van der Waals surface area contributed by atoms with Gasteiger partial charge >= 0.3 is 0 Å². The number of aryl methyl sites for hydroxylation is 1. The van der Waals surface area contributed by atoms with E-state index in [-0.39, 0.29) is 18.0 Å². The number of rotatable bonds is 6. The molecule has 1 saturated heterocycles. The van der Waals surface area contributed by atoms with Crippen LogP contribution in [0.3, 0.4) is 0 Å². The Labute approximate surface area is 213 Å². The summed E-state index contributed by atoms with van der Waals surface area (Å²) in [6, 6.07) is 15.0. The molecule has 7 nitrogen and oxygen atoms in total. The van der Waals surface area contributed by atoms with Crippen molar-refractivity contribution in [2.45, 2.75) is 13.5 Å². The van der Waals surface area contributed by atoms with E-state index in [1.165, 1.54) is 18.2 Å². The number of pyridine rings is 1. The molecule has 2 aromatic carbocycles. The van der Waals surface area contributed by atoms with Gasteiger partial charge in [0.15, 0.2) is 0 Å². The summed E-state index contributed by atoms with van der Waals surface area (Å²) in [5, 5.41) is 3.23. The molecule has 0 spiro atoms. The Morgan fingerprint density at radius 1 is 0.973 bits per heavy atom. The number of benzene rings is 2. The highest BCUT2D eigenvalue weighted by molar-refractivity contribution is 5.95. The van der Waals surface area contributed by atoms with Gasteiger partial charge in [-0.15, -0.1) is 0 Å². The van der Waals surface area contributed by atoms with Gasteiger partial charge in [-0.25, -0.2) is 18.7 Å². The van der Waals surface area contributed by atoms with Crippen LogP contribution in [0.25, 0.3) is 11.3 Å². The number of halogens is 2. The van der Waals surface area contributed by atoms with E-state index in [0.29, 0.717) is 37.7 Å². The number of nitrogens with zero attached hydrogens (tertiary/aromatic N) is 5. The summed E-state index contributed by atoms with van der Waals surface area (Å²) in [5.41, 5.74) is 3.91. The molecule has 0 radical (unpaired) electrons. The second kappa shape index (κ2) is 10.8. The van der Waals surface area contributed by atoms with E-state index in [2.05, 4.69) is 20.3 Å². The Morgan fingerprint density at radius 2 is 1.76 bits per heavy atom. The summed E-state index contributed by atoms with van der Waals surface area (Å²) in [7, 11) is 0. The average molecular weight is 501 g/mol. The summed E-state index contributed by atoms with van der Waals surface area (Å²) in [6.07, 6.45) is 5.12. The molecule has 2 aromatic heterocycles. The molecule has 1 aliphatic rings. The summed E-state index contributed by atoms with van der Waals surface area (Å²) < 4.78 is 28.0. The van der Waals surface area contributed by atoms with Gasteiger partial charge in [0.25, 0.3) is 5.91 Å². The largest absolute Gasteiger partial charge is 0.336 e. The minimum atomic E-state index is -0.548. The summed E-state index contributed by atoms with van der Waals surface area (Å²) in [6.45, 7) is 4.14. The van der Waals surface area contributed by atoms with Gasteiger partial charge < -0.3 is 10.2 Å². The summed E-state index contributed by atoms with van der Waals surface area (Å²) >= 11 is 0. The number of carbonyl (C=O) groups excluding carboxylic acids is 1. The van der Waals surface area contributed by atoms with Crippen LogP contribution in [-0.2, 0) is 6.54 Å².